The summed E-state index contributed by atoms with van der Waals surface area (Å²) in [5.74, 6) is 0. The molecule has 0 unspecified atom stereocenters. The Bertz CT molecular complexity index is 391. The van der Waals surface area contributed by atoms with Gasteiger partial charge in [0.1, 0.15) is 0 Å². The number of nitrogens with one attached hydrogen (secondary N) is 1. The van der Waals surface area contributed by atoms with E-state index in [0.717, 1.165) is 31.6 Å². The van der Waals surface area contributed by atoms with E-state index >= 15 is 0 Å². The fourth-order valence-electron chi connectivity index (χ4n) is 1.69. The minimum Gasteiger partial charge on any atom is -0.397 e. The predicted octanol–water partition coefficient (Wildman–Crippen LogP) is 2.33. The summed E-state index contributed by atoms with van der Waals surface area (Å²) >= 11 is 0. The molecule has 0 aromatic heterocycles. The molecule has 3 nitrogen and oxygen atoms in total. The highest BCUT2D eigenvalue weighted by molar-refractivity contribution is 5.68. The van der Waals surface area contributed by atoms with Crippen LogP contribution in [0.15, 0.2) is 18.2 Å². The van der Waals surface area contributed by atoms with Gasteiger partial charge in [-0.25, -0.2) is 0 Å². The lowest BCUT2D eigenvalue weighted by atomic mass is 10.1. The standard InChI is InChI=1S/C12H18F3N3/c1-17-6-3-7-18(2)11-5-4-9(8-10(11)16)12(13,14)15/h4-5,8,17H,3,6-7,16H2,1-2H3. The number of nitrogens with zero attached hydrogens (tertiary/aromatic N) is 1. The molecule has 1 aromatic carbocycles. The second kappa shape index (κ2) is 5.95. The molecule has 0 aliphatic carbocycles. The summed E-state index contributed by atoms with van der Waals surface area (Å²) < 4.78 is 37.4. The van der Waals surface area contributed by atoms with Crippen LogP contribution in [0.2, 0.25) is 0 Å². The summed E-state index contributed by atoms with van der Waals surface area (Å²) in [5.41, 5.74) is 5.72. The van der Waals surface area contributed by atoms with Gasteiger partial charge in [0, 0.05) is 13.6 Å². The van der Waals surface area contributed by atoms with E-state index < -0.39 is 11.7 Å². The van der Waals surface area contributed by atoms with Crippen molar-refractivity contribution in [2.75, 3.05) is 37.8 Å². The van der Waals surface area contributed by atoms with Crippen molar-refractivity contribution in [3.63, 3.8) is 0 Å². The average Bonchev–Trinajstić information content (AvgIpc) is 2.27. The number of alkyl halides is 3. The number of nitrogens with two attached hydrogens (primary N) is 1. The Morgan fingerprint density at radius 2 is 2.00 bits per heavy atom. The van der Waals surface area contributed by atoms with Crippen molar-refractivity contribution in [2.45, 2.75) is 12.6 Å². The third-order valence-corrected chi connectivity index (χ3v) is 2.69. The quantitative estimate of drug-likeness (QED) is 0.631. The maximum atomic E-state index is 12.5. The Balaban J connectivity index is 2.79. The Kier molecular flexibility index (Phi) is 4.84. The molecule has 0 radical (unpaired) electrons. The Labute approximate surface area is 105 Å². The van der Waals surface area contributed by atoms with E-state index in [1.54, 1.807) is 0 Å². The van der Waals surface area contributed by atoms with Gasteiger partial charge in [-0.1, -0.05) is 0 Å². The highest BCUT2D eigenvalue weighted by Crippen LogP contribution is 2.33. The van der Waals surface area contributed by atoms with Crippen LogP contribution in [-0.2, 0) is 6.18 Å². The number of rotatable bonds is 5. The molecule has 1 rings (SSSR count). The maximum Gasteiger partial charge on any atom is 0.416 e. The van der Waals surface area contributed by atoms with E-state index in [4.69, 9.17) is 5.73 Å². The molecule has 18 heavy (non-hydrogen) atoms. The van der Waals surface area contributed by atoms with Crippen LogP contribution in [-0.4, -0.2) is 27.2 Å². The number of hydrogen-bond acceptors (Lipinski definition) is 3. The van der Waals surface area contributed by atoms with Crippen molar-refractivity contribution in [2.24, 2.45) is 0 Å². The molecule has 0 saturated heterocycles. The van der Waals surface area contributed by atoms with Gasteiger partial charge >= 0.3 is 6.18 Å². The largest absolute Gasteiger partial charge is 0.416 e. The van der Waals surface area contributed by atoms with Crippen LogP contribution in [0.4, 0.5) is 24.5 Å². The van der Waals surface area contributed by atoms with Gasteiger partial charge in [0.15, 0.2) is 0 Å². The van der Waals surface area contributed by atoms with Gasteiger partial charge < -0.3 is 16.0 Å². The Morgan fingerprint density at radius 3 is 2.50 bits per heavy atom. The Hall–Kier alpha value is -1.43. The summed E-state index contributed by atoms with van der Waals surface area (Å²) in [6.07, 6.45) is -3.45. The number of benzene rings is 1. The molecule has 0 atom stereocenters. The normalized spacial score (nSPS) is 11.6. The minimum atomic E-state index is -4.35. The van der Waals surface area contributed by atoms with Gasteiger partial charge in [0.2, 0.25) is 0 Å². The average molecular weight is 261 g/mol. The predicted molar refractivity (Wildman–Crippen MR) is 67.7 cm³/mol. The SMILES string of the molecule is CNCCCN(C)c1ccc(C(F)(F)F)cc1N. The van der Waals surface area contributed by atoms with Gasteiger partial charge in [-0.2, -0.15) is 13.2 Å². The summed E-state index contributed by atoms with van der Waals surface area (Å²) in [7, 11) is 3.67. The molecule has 0 heterocycles. The second-order valence-electron chi connectivity index (χ2n) is 4.15. The first kappa shape index (κ1) is 14.6. The van der Waals surface area contributed by atoms with Crippen LogP contribution >= 0.6 is 0 Å². The molecule has 3 N–H and O–H groups in total. The first-order chi connectivity index (χ1) is 8.36. The van der Waals surface area contributed by atoms with Crippen LogP contribution in [0.25, 0.3) is 0 Å². The van der Waals surface area contributed by atoms with Gasteiger partial charge in [-0.05, 0) is 38.2 Å². The fraction of sp³-hybridized carbons (Fsp3) is 0.500. The minimum absolute atomic E-state index is 0.150. The van der Waals surface area contributed by atoms with Gasteiger partial charge in [-0.15, -0.1) is 0 Å². The summed E-state index contributed by atoms with van der Waals surface area (Å²) in [6.45, 7) is 1.58. The van der Waals surface area contributed by atoms with E-state index in [1.807, 2.05) is 19.0 Å². The van der Waals surface area contributed by atoms with E-state index in [-0.39, 0.29) is 5.69 Å². The summed E-state index contributed by atoms with van der Waals surface area (Å²) in [4.78, 5) is 1.85. The smallest absolute Gasteiger partial charge is 0.397 e. The zero-order valence-electron chi connectivity index (χ0n) is 10.5. The third kappa shape index (κ3) is 3.80. The van der Waals surface area contributed by atoms with E-state index in [9.17, 15) is 13.2 Å². The third-order valence-electron chi connectivity index (χ3n) is 2.69. The highest BCUT2D eigenvalue weighted by atomic mass is 19.4. The molecule has 0 amide bonds. The molecular formula is C12H18F3N3. The van der Waals surface area contributed by atoms with E-state index in [1.165, 1.54) is 6.07 Å². The Morgan fingerprint density at radius 1 is 1.33 bits per heavy atom. The molecule has 0 bridgehead atoms. The van der Waals surface area contributed by atoms with Crippen molar-refractivity contribution in [1.82, 2.24) is 5.32 Å². The second-order valence-corrected chi connectivity index (χ2v) is 4.15. The first-order valence-corrected chi connectivity index (χ1v) is 5.68. The van der Waals surface area contributed by atoms with Crippen molar-refractivity contribution in [1.29, 1.82) is 0 Å². The van der Waals surface area contributed by atoms with Crippen molar-refractivity contribution in [3.8, 4) is 0 Å². The molecule has 0 aliphatic rings. The summed E-state index contributed by atoms with van der Waals surface area (Å²) in [6, 6.07) is 3.45. The lowest BCUT2D eigenvalue weighted by molar-refractivity contribution is -0.137. The fourth-order valence-corrected chi connectivity index (χ4v) is 1.69. The van der Waals surface area contributed by atoms with Gasteiger partial charge in [0.05, 0.1) is 16.9 Å². The number of hydrogen-bond donors (Lipinski definition) is 2. The number of halogens is 3. The van der Waals surface area contributed by atoms with Gasteiger partial charge in [-0.3, -0.25) is 0 Å². The molecule has 102 valence electrons. The van der Waals surface area contributed by atoms with E-state index in [2.05, 4.69) is 5.32 Å². The zero-order valence-corrected chi connectivity index (χ0v) is 10.5. The first-order valence-electron chi connectivity index (χ1n) is 5.68. The monoisotopic (exact) mass is 261 g/mol. The highest BCUT2D eigenvalue weighted by Gasteiger charge is 2.30. The van der Waals surface area contributed by atoms with Crippen molar-refractivity contribution >= 4 is 11.4 Å². The lowest BCUT2D eigenvalue weighted by Crippen LogP contribution is -2.23. The molecule has 1 aromatic rings. The van der Waals surface area contributed by atoms with Crippen LogP contribution in [0.1, 0.15) is 12.0 Å². The van der Waals surface area contributed by atoms with Crippen LogP contribution in [0.5, 0.6) is 0 Å². The lowest BCUT2D eigenvalue weighted by Gasteiger charge is -2.22. The number of anilines is 2. The van der Waals surface area contributed by atoms with Crippen molar-refractivity contribution in [3.05, 3.63) is 23.8 Å². The van der Waals surface area contributed by atoms with Crippen LogP contribution in [0, 0.1) is 0 Å². The van der Waals surface area contributed by atoms with E-state index in [0.29, 0.717) is 5.69 Å². The maximum absolute atomic E-state index is 12.5. The number of nitrogen functional groups attached to an aromatic ring is 1. The zero-order chi connectivity index (χ0) is 13.8. The molecule has 0 aliphatic heterocycles. The molecule has 0 spiro atoms. The van der Waals surface area contributed by atoms with Crippen molar-refractivity contribution < 1.29 is 13.2 Å². The van der Waals surface area contributed by atoms with Gasteiger partial charge in [0.25, 0.3) is 0 Å². The topological polar surface area (TPSA) is 41.3 Å². The summed E-state index contributed by atoms with van der Waals surface area (Å²) in [5, 5.41) is 3.01. The molecule has 0 fully saturated rings. The van der Waals surface area contributed by atoms with Crippen LogP contribution in [0.3, 0.4) is 0 Å². The molecule has 6 heteroatoms. The molecule has 0 saturated carbocycles. The van der Waals surface area contributed by atoms with Crippen LogP contribution < -0.4 is 16.0 Å². The molecular weight excluding hydrogens is 243 g/mol.